The number of esters is 1. The van der Waals surface area contributed by atoms with Crippen molar-refractivity contribution >= 4 is 11.8 Å². The predicted octanol–water partition coefficient (Wildman–Crippen LogP) is 2.95. The Morgan fingerprint density at radius 3 is 2.59 bits per heavy atom. The molecule has 0 saturated carbocycles. The smallest absolute Gasteiger partial charge is 0.313 e. The fourth-order valence-electron chi connectivity index (χ4n) is 1.52. The van der Waals surface area contributed by atoms with E-state index in [1.165, 1.54) is 0 Å². The summed E-state index contributed by atoms with van der Waals surface area (Å²) < 4.78 is 4.75. The van der Waals surface area contributed by atoms with Crippen LogP contribution in [0.4, 0.5) is 0 Å². The molecule has 3 nitrogen and oxygen atoms in total. The largest absolute Gasteiger partial charge is 0.466 e. The van der Waals surface area contributed by atoms with Gasteiger partial charge in [0.1, 0.15) is 6.42 Å². The lowest BCUT2D eigenvalue weighted by Gasteiger charge is -2.07. The van der Waals surface area contributed by atoms with Crippen LogP contribution in [0.15, 0.2) is 24.3 Å². The molecule has 0 radical (unpaired) electrons. The summed E-state index contributed by atoms with van der Waals surface area (Å²) >= 11 is 0. The van der Waals surface area contributed by atoms with E-state index in [0.717, 1.165) is 5.56 Å². The number of benzene rings is 1. The molecular weight excluding hydrogens is 216 g/mol. The van der Waals surface area contributed by atoms with Crippen LogP contribution in [0.1, 0.15) is 49.0 Å². The van der Waals surface area contributed by atoms with E-state index in [1.54, 1.807) is 13.0 Å². The number of ether oxygens (including phenoxy) is 1. The molecule has 0 aliphatic heterocycles. The molecule has 0 aromatic heterocycles. The minimum absolute atomic E-state index is 0.185. The Morgan fingerprint density at radius 2 is 2.00 bits per heavy atom. The van der Waals surface area contributed by atoms with E-state index in [1.807, 2.05) is 18.2 Å². The zero-order chi connectivity index (χ0) is 12.8. The molecule has 0 unspecified atom stereocenters. The van der Waals surface area contributed by atoms with Crippen LogP contribution in [0.5, 0.6) is 0 Å². The molecule has 0 amide bonds. The van der Waals surface area contributed by atoms with Crippen LogP contribution in [0.3, 0.4) is 0 Å². The number of hydrogen-bond acceptors (Lipinski definition) is 3. The van der Waals surface area contributed by atoms with Gasteiger partial charge in [-0.15, -0.1) is 0 Å². The van der Waals surface area contributed by atoms with Crippen molar-refractivity contribution in [3.8, 4) is 0 Å². The topological polar surface area (TPSA) is 43.4 Å². The Kier molecular flexibility index (Phi) is 4.88. The van der Waals surface area contributed by atoms with Crippen molar-refractivity contribution in [3.05, 3.63) is 35.4 Å². The second-order valence-electron chi connectivity index (χ2n) is 4.19. The molecule has 0 fully saturated rings. The minimum atomic E-state index is -0.465. The molecule has 17 heavy (non-hydrogen) atoms. The molecule has 1 aromatic carbocycles. The molecule has 1 rings (SSSR count). The summed E-state index contributed by atoms with van der Waals surface area (Å²) in [6.45, 7) is 6.16. The first-order valence-electron chi connectivity index (χ1n) is 5.83. The van der Waals surface area contributed by atoms with E-state index in [0.29, 0.717) is 18.1 Å². The number of ketones is 1. The highest BCUT2D eigenvalue weighted by molar-refractivity contribution is 6.06. The van der Waals surface area contributed by atoms with Crippen LogP contribution in [0.25, 0.3) is 0 Å². The molecule has 0 N–H and O–H groups in total. The van der Waals surface area contributed by atoms with Gasteiger partial charge in [0.25, 0.3) is 0 Å². The monoisotopic (exact) mass is 234 g/mol. The molecule has 0 atom stereocenters. The average molecular weight is 234 g/mol. The van der Waals surface area contributed by atoms with Gasteiger partial charge in [-0.05, 0) is 24.5 Å². The molecule has 0 spiro atoms. The Labute approximate surface area is 102 Å². The fourth-order valence-corrected chi connectivity index (χ4v) is 1.52. The summed E-state index contributed by atoms with van der Waals surface area (Å²) in [6, 6.07) is 7.39. The zero-order valence-electron chi connectivity index (χ0n) is 10.5. The molecule has 0 bridgehead atoms. The number of Topliss-reactive ketones (excluding diaryl/α,β-unsaturated/α-hetero) is 1. The van der Waals surface area contributed by atoms with Crippen molar-refractivity contribution in [1.82, 2.24) is 0 Å². The molecule has 1 aromatic rings. The van der Waals surface area contributed by atoms with Gasteiger partial charge in [-0.2, -0.15) is 0 Å². The van der Waals surface area contributed by atoms with Crippen molar-refractivity contribution in [2.24, 2.45) is 0 Å². The number of carbonyl (C=O) groups excluding carboxylic acids is 2. The van der Waals surface area contributed by atoms with Gasteiger partial charge in [-0.25, -0.2) is 0 Å². The highest BCUT2D eigenvalue weighted by Crippen LogP contribution is 2.16. The van der Waals surface area contributed by atoms with E-state index < -0.39 is 5.97 Å². The molecule has 92 valence electrons. The van der Waals surface area contributed by atoms with E-state index >= 15 is 0 Å². The number of carbonyl (C=O) groups is 2. The van der Waals surface area contributed by atoms with Gasteiger partial charge in [0.05, 0.1) is 6.61 Å². The van der Waals surface area contributed by atoms with Gasteiger partial charge in [0.15, 0.2) is 5.78 Å². The maximum atomic E-state index is 11.8. The molecule has 3 heteroatoms. The quantitative estimate of drug-likeness (QED) is 0.447. The minimum Gasteiger partial charge on any atom is -0.466 e. The first kappa shape index (κ1) is 13.4. The van der Waals surface area contributed by atoms with Crippen LogP contribution in [-0.4, -0.2) is 18.4 Å². The third kappa shape index (κ3) is 4.02. The maximum absolute atomic E-state index is 11.8. The Morgan fingerprint density at radius 1 is 1.29 bits per heavy atom. The van der Waals surface area contributed by atoms with Gasteiger partial charge in [0.2, 0.25) is 0 Å². The highest BCUT2D eigenvalue weighted by Gasteiger charge is 2.13. The van der Waals surface area contributed by atoms with Crippen LogP contribution in [-0.2, 0) is 9.53 Å². The Bertz CT molecular complexity index is 408. The van der Waals surface area contributed by atoms with Crippen molar-refractivity contribution in [1.29, 1.82) is 0 Å². The Hall–Kier alpha value is -1.64. The molecule has 0 saturated heterocycles. The summed E-state index contributed by atoms with van der Waals surface area (Å²) in [5.74, 6) is -0.288. The van der Waals surface area contributed by atoms with Gasteiger partial charge < -0.3 is 4.74 Å². The third-order valence-corrected chi connectivity index (χ3v) is 2.49. The number of rotatable bonds is 5. The predicted molar refractivity (Wildman–Crippen MR) is 66.1 cm³/mol. The molecule has 0 aliphatic rings. The molecule has 0 heterocycles. The van der Waals surface area contributed by atoms with Gasteiger partial charge in [-0.3, -0.25) is 9.59 Å². The summed E-state index contributed by atoms with van der Waals surface area (Å²) in [5.41, 5.74) is 1.67. The second kappa shape index (κ2) is 6.18. The van der Waals surface area contributed by atoms with Crippen LogP contribution in [0.2, 0.25) is 0 Å². The summed E-state index contributed by atoms with van der Waals surface area (Å²) in [5, 5.41) is 0. The lowest BCUT2D eigenvalue weighted by atomic mass is 9.98. The summed E-state index contributed by atoms with van der Waals surface area (Å²) in [6.07, 6.45) is -0.185. The van der Waals surface area contributed by atoms with E-state index in [-0.39, 0.29) is 12.2 Å². The lowest BCUT2D eigenvalue weighted by Crippen LogP contribution is -2.11. The normalized spacial score (nSPS) is 10.4. The van der Waals surface area contributed by atoms with Crippen molar-refractivity contribution in [3.63, 3.8) is 0 Å². The van der Waals surface area contributed by atoms with E-state index in [2.05, 4.69) is 13.8 Å². The average Bonchev–Trinajstić information content (AvgIpc) is 2.29. The maximum Gasteiger partial charge on any atom is 0.313 e. The summed E-state index contributed by atoms with van der Waals surface area (Å²) in [4.78, 5) is 23.0. The lowest BCUT2D eigenvalue weighted by molar-refractivity contribution is -0.141. The van der Waals surface area contributed by atoms with Crippen LogP contribution >= 0.6 is 0 Å². The van der Waals surface area contributed by atoms with E-state index in [4.69, 9.17) is 4.74 Å². The first-order chi connectivity index (χ1) is 8.04. The molecule has 0 aliphatic carbocycles. The SMILES string of the molecule is CCOC(=O)CC(=O)c1cccc(C(C)C)c1. The van der Waals surface area contributed by atoms with Gasteiger partial charge in [0, 0.05) is 5.56 Å². The highest BCUT2D eigenvalue weighted by atomic mass is 16.5. The fraction of sp³-hybridized carbons (Fsp3) is 0.429. The van der Waals surface area contributed by atoms with Crippen molar-refractivity contribution in [2.45, 2.75) is 33.1 Å². The zero-order valence-corrected chi connectivity index (χ0v) is 10.5. The Balaban J connectivity index is 2.75. The first-order valence-corrected chi connectivity index (χ1v) is 5.83. The summed E-state index contributed by atoms with van der Waals surface area (Å²) in [7, 11) is 0. The van der Waals surface area contributed by atoms with Crippen LogP contribution in [0, 0.1) is 0 Å². The van der Waals surface area contributed by atoms with Gasteiger partial charge in [-0.1, -0.05) is 32.0 Å². The second-order valence-corrected chi connectivity index (χ2v) is 4.19. The van der Waals surface area contributed by atoms with Crippen LogP contribution < -0.4 is 0 Å². The van der Waals surface area contributed by atoms with E-state index in [9.17, 15) is 9.59 Å². The van der Waals surface area contributed by atoms with Gasteiger partial charge >= 0.3 is 5.97 Å². The van der Waals surface area contributed by atoms with Crippen molar-refractivity contribution < 1.29 is 14.3 Å². The third-order valence-electron chi connectivity index (χ3n) is 2.49. The standard InChI is InChI=1S/C14H18O3/c1-4-17-14(16)9-13(15)12-7-5-6-11(8-12)10(2)3/h5-8,10H,4,9H2,1-3H3. The number of hydrogen-bond donors (Lipinski definition) is 0. The molecular formula is C14H18O3. The van der Waals surface area contributed by atoms with Crippen molar-refractivity contribution in [2.75, 3.05) is 6.61 Å².